The van der Waals surface area contributed by atoms with Gasteiger partial charge in [-0.1, -0.05) is 36.2 Å². The minimum absolute atomic E-state index is 0.149. The SMILES string of the molecule is CC(C)C1CCCC2(CC1)CC(O)c1cc(Br)ccc1O2. The van der Waals surface area contributed by atoms with Gasteiger partial charge in [0.2, 0.25) is 0 Å². The fourth-order valence-corrected chi connectivity index (χ4v) is 4.37. The van der Waals surface area contributed by atoms with E-state index in [1.165, 1.54) is 19.3 Å². The zero-order valence-corrected chi connectivity index (χ0v) is 14.5. The third-order valence-corrected chi connectivity index (χ3v) is 5.84. The third-order valence-electron chi connectivity index (χ3n) is 5.34. The third kappa shape index (κ3) is 3.14. The lowest BCUT2D eigenvalue weighted by molar-refractivity contribution is -0.0254. The van der Waals surface area contributed by atoms with Crippen molar-refractivity contribution in [1.82, 2.24) is 0 Å². The molecule has 2 nitrogen and oxygen atoms in total. The lowest BCUT2D eigenvalue weighted by Gasteiger charge is -2.40. The van der Waals surface area contributed by atoms with Gasteiger partial charge in [-0.25, -0.2) is 0 Å². The second-order valence-corrected chi connectivity index (χ2v) is 8.04. The molecule has 21 heavy (non-hydrogen) atoms. The zero-order valence-electron chi connectivity index (χ0n) is 12.9. The molecule has 3 atom stereocenters. The summed E-state index contributed by atoms with van der Waals surface area (Å²) < 4.78 is 7.41. The Bertz CT molecular complexity index is 514. The van der Waals surface area contributed by atoms with Crippen LogP contribution in [0.5, 0.6) is 5.75 Å². The summed E-state index contributed by atoms with van der Waals surface area (Å²) in [4.78, 5) is 0. The summed E-state index contributed by atoms with van der Waals surface area (Å²) in [6.45, 7) is 4.65. The Hall–Kier alpha value is -0.540. The highest BCUT2D eigenvalue weighted by Gasteiger charge is 2.42. The van der Waals surface area contributed by atoms with Crippen molar-refractivity contribution < 1.29 is 9.84 Å². The standard InChI is InChI=1S/C18H25BrO2/c1-12(2)13-4-3-8-18(9-7-13)11-16(20)15-10-14(19)5-6-17(15)21-18/h5-6,10,12-13,16,20H,3-4,7-9,11H2,1-2H3. The van der Waals surface area contributed by atoms with E-state index in [2.05, 4.69) is 29.8 Å². The van der Waals surface area contributed by atoms with Gasteiger partial charge >= 0.3 is 0 Å². The van der Waals surface area contributed by atoms with Crippen LogP contribution in [0.1, 0.15) is 64.0 Å². The number of rotatable bonds is 1. The number of aliphatic hydroxyl groups excluding tert-OH is 1. The van der Waals surface area contributed by atoms with E-state index in [0.717, 1.165) is 46.9 Å². The van der Waals surface area contributed by atoms with E-state index < -0.39 is 6.10 Å². The maximum atomic E-state index is 10.6. The van der Waals surface area contributed by atoms with Crippen molar-refractivity contribution in [2.45, 2.75) is 64.1 Å². The molecule has 1 N–H and O–H groups in total. The van der Waals surface area contributed by atoms with Crippen LogP contribution in [0.15, 0.2) is 22.7 Å². The van der Waals surface area contributed by atoms with Crippen molar-refractivity contribution in [2.24, 2.45) is 11.8 Å². The Morgan fingerprint density at radius 3 is 2.86 bits per heavy atom. The van der Waals surface area contributed by atoms with Gasteiger partial charge in [0, 0.05) is 16.5 Å². The smallest absolute Gasteiger partial charge is 0.126 e. The predicted molar refractivity (Wildman–Crippen MR) is 88.5 cm³/mol. The topological polar surface area (TPSA) is 29.5 Å². The summed E-state index contributed by atoms with van der Waals surface area (Å²) in [6, 6.07) is 5.98. The molecule has 1 fully saturated rings. The van der Waals surface area contributed by atoms with Gasteiger partial charge in [-0.15, -0.1) is 0 Å². The van der Waals surface area contributed by atoms with Crippen molar-refractivity contribution in [2.75, 3.05) is 0 Å². The molecule has 1 aromatic carbocycles. The zero-order chi connectivity index (χ0) is 15.0. The molecular formula is C18H25BrO2. The Labute approximate surface area is 136 Å². The molecule has 0 bridgehead atoms. The van der Waals surface area contributed by atoms with E-state index in [0.29, 0.717) is 0 Å². The number of benzene rings is 1. The normalized spacial score (nSPS) is 32.6. The fraction of sp³-hybridized carbons (Fsp3) is 0.667. The van der Waals surface area contributed by atoms with Crippen molar-refractivity contribution in [3.05, 3.63) is 28.2 Å². The maximum absolute atomic E-state index is 10.6. The predicted octanol–water partition coefficient (Wildman–Crippen LogP) is 5.24. The average molecular weight is 353 g/mol. The largest absolute Gasteiger partial charge is 0.487 e. The molecule has 1 saturated carbocycles. The van der Waals surface area contributed by atoms with Crippen molar-refractivity contribution in [1.29, 1.82) is 0 Å². The molecule has 1 aliphatic carbocycles. The highest BCUT2D eigenvalue weighted by Crippen LogP contribution is 2.47. The Morgan fingerprint density at radius 1 is 1.29 bits per heavy atom. The minimum atomic E-state index is -0.401. The number of aliphatic hydroxyl groups is 1. The molecule has 0 amide bonds. The maximum Gasteiger partial charge on any atom is 0.126 e. The van der Waals surface area contributed by atoms with Crippen LogP contribution in [0.3, 0.4) is 0 Å². The van der Waals surface area contributed by atoms with Crippen LogP contribution in [0, 0.1) is 11.8 Å². The first-order valence-electron chi connectivity index (χ1n) is 8.16. The van der Waals surface area contributed by atoms with Gasteiger partial charge in [-0.05, 0) is 55.7 Å². The molecule has 3 unspecified atom stereocenters. The molecule has 1 spiro atoms. The van der Waals surface area contributed by atoms with Gasteiger partial charge in [0.05, 0.1) is 6.10 Å². The first-order chi connectivity index (χ1) is 9.99. The molecule has 116 valence electrons. The van der Waals surface area contributed by atoms with Crippen LogP contribution in [-0.2, 0) is 0 Å². The van der Waals surface area contributed by atoms with Gasteiger partial charge in [0.25, 0.3) is 0 Å². The van der Waals surface area contributed by atoms with Gasteiger partial charge in [-0.3, -0.25) is 0 Å². The summed E-state index contributed by atoms with van der Waals surface area (Å²) in [7, 11) is 0. The molecule has 0 saturated heterocycles. The second-order valence-electron chi connectivity index (χ2n) is 7.12. The molecule has 3 heteroatoms. The van der Waals surface area contributed by atoms with Crippen LogP contribution >= 0.6 is 15.9 Å². The van der Waals surface area contributed by atoms with E-state index in [1.54, 1.807) is 0 Å². The molecule has 2 aliphatic rings. The van der Waals surface area contributed by atoms with Crippen molar-refractivity contribution in [3.63, 3.8) is 0 Å². The summed E-state index contributed by atoms with van der Waals surface area (Å²) >= 11 is 3.48. The van der Waals surface area contributed by atoms with E-state index >= 15 is 0 Å². The Balaban J connectivity index is 1.82. The highest BCUT2D eigenvalue weighted by molar-refractivity contribution is 9.10. The van der Waals surface area contributed by atoms with Gasteiger partial charge < -0.3 is 9.84 Å². The van der Waals surface area contributed by atoms with Crippen LogP contribution in [0.25, 0.3) is 0 Å². The van der Waals surface area contributed by atoms with Crippen molar-refractivity contribution in [3.8, 4) is 5.75 Å². The van der Waals surface area contributed by atoms with Gasteiger partial charge in [-0.2, -0.15) is 0 Å². The monoisotopic (exact) mass is 352 g/mol. The van der Waals surface area contributed by atoms with E-state index in [4.69, 9.17) is 4.74 Å². The summed E-state index contributed by atoms with van der Waals surface area (Å²) in [6.07, 6.45) is 6.21. The number of fused-ring (bicyclic) bond motifs is 1. The lowest BCUT2D eigenvalue weighted by Crippen LogP contribution is -2.40. The van der Waals surface area contributed by atoms with Gasteiger partial charge in [0.15, 0.2) is 0 Å². The van der Waals surface area contributed by atoms with E-state index in [9.17, 15) is 5.11 Å². The average Bonchev–Trinajstić information content (AvgIpc) is 2.63. The molecule has 1 aromatic rings. The molecule has 3 rings (SSSR count). The fourth-order valence-electron chi connectivity index (χ4n) is 3.99. The van der Waals surface area contributed by atoms with Crippen LogP contribution in [0.4, 0.5) is 0 Å². The number of ether oxygens (including phenoxy) is 1. The minimum Gasteiger partial charge on any atom is -0.487 e. The van der Waals surface area contributed by atoms with Crippen molar-refractivity contribution >= 4 is 15.9 Å². The number of halogens is 1. The van der Waals surface area contributed by atoms with Crippen LogP contribution in [0.2, 0.25) is 0 Å². The Kier molecular flexibility index (Phi) is 4.33. The summed E-state index contributed by atoms with van der Waals surface area (Å²) in [5.74, 6) is 2.42. The summed E-state index contributed by atoms with van der Waals surface area (Å²) in [5, 5.41) is 10.6. The van der Waals surface area contributed by atoms with Gasteiger partial charge in [0.1, 0.15) is 11.4 Å². The highest BCUT2D eigenvalue weighted by atomic mass is 79.9. The van der Waals surface area contributed by atoms with Crippen LogP contribution in [-0.4, -0.2) is 10.7 Å². The molecule has 1 aliphatic heterocycles. The second kappa shape index (κ2) is 5.92. The van der Waals surface area contributed by atoms with E-state index in [-0.39, 0.29) is 5.60 Å². The quantitative estimate of drug-likeness (QED) is 0.748. The lowest BCUT2D eigenvalue weighted by atomic mass is 9.82. The first kappa shape index (κ1) is 15.4. The Morgan fingerprint density at radius 2 is 2.10 bits per heavy atom. The van der Waals surface area contributed by atoms with Crippen LogP contribution < -0.4 is 4.74 Å². The molecule has 0 aromatic heterocycles. The number of hydrogen-bond acceptors (Lipinski definition) is 2. The molecule has 1 heterocycles. The first-order valence-corrected chi connectivity index (χ1v) is 8.95. The summed E-state index contributed by atoms with van der Waals surface area (Å²) in [5.41, 5.74) is 0.781. The number of hydrogen-bond donors (Lipinski definition) is 1. The van der Waals surface area contributed by atoms with E-state index in [1.807, 2.05) is 18.2 Å². The molecule has 0 radical (unpaired) electrons. The molecular weight excluding hydrogens is 328 g/mol.